The molecule has 2 amide bonds. The second-order valence-electron chi connectivity index (χ2n) is 7.18. The first-order valence-corrected chi connectivity index (χ1v) is 10.6. The Bertz CT molecular complexity index is 949. The van der Waals surface area contributed by atoms with Crippen LogP contribution < -0.4 is 10.6 Å². The molecule has 1 aromatic heterocycles. The third-order valence-electron chi connectivity index (χ3n) is 5.28. The van der Waals surface area contributed by atoms with E-state index >= 15 is 0 Å². The first-order valence-electron chi connectivity index (χ1n) is 10.6. The van der Waals surface area contributed by atoms with Crippen molar-refractivity contribution in [3.8, 4) is 11.1 Å². The quantitative estimate of drug-likeness (QED) is 0.523. The van der Waals surface area contributed by atoms with Crippen LogP contribution in [0.5, 0.6) is 0 Å². The van der Waals surface area contributed by atoms with Crippen molar-refractivity contribution < 1.29 is 14.0 Å². The Morgan fingerprint density at radius 2 is 1.55 bits per heavy atom. The number of carbonyl (C=O) groups is 2. The summed E-state index contributed by atoms with van der Waals surface area (Å²) >= 11 is 0. The average Bonchev–Trinajstić information content (AvgIpc) is 3.35. The third kappa shape index (κ3) is 6.06. The number of hydrogen-bond donors (Lipinski definition) is 2. The van der Waals surface area contributed by atoms with Gasteiger partial charge in [0, 0.05) is 12.1 Å². The van der Waals surface area contributed by atoms with E-state index in [4.69, 9.17) is 4.42 Å². The van der Waals surface area contributed by atoms with E-state index in [9.17, 15) is 9.59 Å². The van der Waals surface area contributed by atoms with Gasteiger partial charge in [-0.1, -0.05) is 56.3 Å². The molecule has 0 saturated carbocycles. The van der Waals surface area contributed by atoms with Crippen molar-refractivity contribution in [3.63, 3.8) is 0 Å². The van der Waals surface area contributed by atoms with Crippen LogP contribution in [-0.4, -0.2) is 42.9 Å². The molecule has 0 spiro atoms. The zero-order chi connectivity index (χ0) is 22.1. The van der Waals surface area contributed by atoms with Crippen LogP contribution in [0.4, 0.5) is 0 Å². The van der Waals surface area contributed by atoms with Crippen LogP contribution in [0.3, 0.4) is 0 Å². The summed E-state index contributed by atoms with van der Waals surface area (Å²) in [5.74, 6) is 0.297. The number of nitrogens with zero attached hydrogens (tertiary/aromatic N) is 1. The van der Waals surface area contributed by atoms with E-state index in [1.54, 1.807) is 18.4 Å². The maximum atomic E-state index is 12.4. The molecular formula is C25H29N3O3. The van der Waals surface area contributed by atoms with Crippen LogP contribution in [-0.2, 0) is 4.79 Å². The molecule has 1 atom stereocenters. The second kappa shape index (κ2) is 11.1. The van der Waals surface area contributed by atoms with Crippen molar-refractivity contribution in [2.45, 2.75) is 19.9 Å². The molecule has 0 aliphatic rings. The summed E-state index contributed by atoms with van der Waals surface area (Å²) in [4.78, 5) is 26.9. The predicted octanol–water partition coefficient (Wildman–Crippen LogP) is 3.88. The molecule has 0 fully saturated rings. The number of carbonyl (C=O) groups excluding carboxylic acids is 2. The van der Waals surface area contributed by atoms with Crippen LogP contribution in [0.2, 0.25) is 0 Å². The largest absolute Gasteiger partial charge is 0.468 e. The zero-order valence-corrected chi connectivity index (χ0v) is 18.0. The summed E-state index contributed by atoms with van der Waals surface area (Å²) in [5.41, 5.74) is 2.65. The molecule has 6 nitrogen and oxygen atoms in total. The minimum absolute atomic E-state index is 0.0461. The first kappa shape index (κ1) is 22.3. The summed E-state index contributed by atoms with van der Waals surface area (Å²) in [6, 6.07) is 21.0. The van der Waals surface area contributed by atoms with E-state index in [1.165, 1.54) is 0 Å². The lowest BCUT2D eigenvalue weighted by Crippen LogP contribution is -2.42. The Balaban J connectivity index is 1.51. The molecule has 31 heavy (non-hydrogen) atoms. The minimum Gasteiger partial charge on any atom is -0.468 e. The molecular weight excluding hydrogens is 390 g/mol. The molecule has 0 saturated heterocycles. The Hall–Kier alpha value is -3.38. The Labute approximate surface area is 183 Å². The van der Waals surface area contributed by atoms with E-state index in [-0.39, 0.29) is 24.4 Å². The Kier molecular flexibility index (Phi) is 8.01. The third-order valence-corrected chi connectivity index (χ3v) is 5.28. The van der Waals surface area contributed by atoms with Gasteiger partial charge in [-0.2, -0.15) is 0 Å². The molecule has 2 N–H and O–H groups in total. The van der Waals surface area contributed by atoms with Crippen LogP contribution in [0, 0.1) is 0 Å². The molecule has 162 valence electrons. The second-order valence-corrected chi connectivity index (χ2v) is 7.18. The van der Waals surface area contributed by atoms with Gasteiger partial charge in [-0.15, -0.1) is 0 Å². The lowest BCUT2D eigenvalue weighted by Gasteiger charge is -2.28. The molecule has 6 heteroatoms. The number of likely N-dealkylation sites (N-methyl/N-ethyl adjacent to an activating group) is 1. The lowest BCUT2D eigenvalue weighted by molar-refractivity contribution is -0.120. The fourth-order valence-corrected chi connectivity index (χ4v) is 3.54. The molecule has 0 aliphatic heterocycles. The van der Waals surface area contributed by atoms with E-state index in [1.807, 2.05) is 54.6 Å². The van der Waals surface area contributed by atoms with Gasteiger partial charge in [0.05, 0.1) is 18.8 Å². The van der Waals surface area contributed by atoms with Crippen molar-refractivity contribution in [1.82, 2.24) is 15.5 Å². The predicted molar refractivity (Wildman–Crippen MR) is 122 cm³/mol. The van der Waals surface area contributed by atoms with Gasteiger partial charge < -0.3 is 15.1 Å². The smallest absolute Gasteiger partial charge is 0.251 e. The number of hydrogen-bond acceptors (Lipinski definition) is 4. The monoisotopic (exact) mass is 419 g/mol. The van der Waals surface area contributed by atoms with E-state index in [0.29, 0.717) is 12.1 Å². The molecule has 0 aliphatic carbocycles. The topological polar surface area (TPSA) is 74.6 Å². The standard InChI is InChI=1S/C25H29N3O3/c1-3-28(4-2)22(23-11-8-16-31-23)17-26-24(29)18-27-25(30)21-14-12-20(13-15-21)19-9-6-5-7-10-19/h5-16,22H,3-4,17-18H2,1-2H3,(H,26,29)(H,27,30). The highest BCUT2D eigenvalue weighted by molar-refractivity contribution is 5.96. The minimum atomic E-state index is -0.277. The molecule has 1 unspecified atom stereocenters. The number of amides is 2. The number of benzene rings is 2. The highest BCUT2D eigenvalue weighted by Gasteiger charge is 2.21. The molecule has 0 radical (unpaired) electrons. The van der Waals surface area contributed by atoms with Crippen LogP contribution in [0.15, 0.2) is 77.4 Å². The van der Waals surface area contributed by atoms with Gasteiger partial charge in [-0.25, -0.2) is 0 Å². The molecule has 0 bridgehead atoms. The molecule has 3 aromatic rings. The van der Waals surface area contributed by atoms with Gasteiger partial charge in [0.15, 0.2) is 0 Å². The van der Waals surface area contributed by atoms with E-state index in [0.717, 1.165) is 30.0 Å². The highest BCUT2D eigenvalue weighted by Crippen LogP contribution is 2.20. The SMILES string of the molecule is CCN(CC)C(CNC(=O)CNC(=O)c1ccc(-c2ccccc2)cc1)c1ccco1. The molecule has 1 heterocycles. The van der Waals surface area contributed by atoms with Crippen molar-refractivity contribution in [2.75, 3.05) is 26.2 Å². The summed E-state index contributed by atoms with van der Waals surface area (Å²) in [5, 5.41) is 5.59. The van der Waals surface area contributed by atoms with Gasteiger partial charge in [0.2, 0.25) is 5.91 Å². The van der Waals surface area contributed by atoms with Crippen molar-refractivity contribution in [2.24, 2.45) is 0 Å². The number of nitrogens with one attached hydrogen (secondary N) is 2. The van der Waals surface area contributed by atoms with Crippen LogP contribution >= 0.6 is 0 Å². The van der Waals surface area contributed by atoms with E-state index < -0.39 is 0 Å². The van der Waals surface area contributed by atoms with E-state index in [2.05, 4.69) is 29.4 Å². The van der Waals surface area contributed by atoms with Crippen molar-refractivity contribution >= 4 is 11.8 Å². The summed E-state index contributed by atoms with van der Waals surface area (Å²) in [6.07, 6.45) is 1.64. The Morgan fingerprint density at radius 3 is 2.16 bits per heavy atom. The fourth-order valence-electron chi connectivity index (χ4n) is 3.54. The summed E-state index contributed by atoms with van der Waals surface area (Å²) in [6.45, 7) is 6.16. The van der Waals surface area contributed by atoms with Gasteiger partial charge >= 0.3 is 0 Å². The first-order chi connectivity index (χ1) is 15.1. The lowest BCUT2D eigenvalue weighted by atomic mass is 10.0. The number of furan rings is 1. The maximum Gasteiger partial charge on any atom is 0.251 e. The fraction of sp³-hybridized carbons (Fsp3) is 0.280. The van der Waals surface area contributed by atoms with Gasteiger partial charge in [0.25, 0.3) is 5.91 Å². The average molecular weight is 420 g/mol. The van der Waals surface area contributed by atoms with Crippen molar-refractivity contribution in [3.05, 3.63) is 84.3 Å². The maximum absolute atomic E-state index is 12.4. The van der Waals surface area contributed by atoms with Crippen molar-refractivity contribution in [1.29, 1.82) is 0 Å². The Morgan fingerprint density at radius 1 is 0.871 bits per heavy atom. The van der Waals surface area contributed by atoms with Crippen LogP contribution in [0.25, 0.3) is 11.1 Å². The van der Waals surface area contributed by atoms with Gasteiger partial charge in [-0.3, -0.25) is 14.5 Å². The van der Waals surface area contributed by atoms with Gasteiger partial charge in [-0.05, 0) is 48.5 Å². The van der Waals surface area contributed by atoms with Crippen LogP contribution in [0.1, 0.15) is 36.0 Å². The number of rotatable bonds is 10. The molecule has 2 aromatic carbocycles. The molecule has 3 rings (SSSR count). The van der Waals surface area contributed by atoms with Gasteiger partial charge in [0.1, 0.15) is 5.76 Å². The summed E-state index contributed by atoms with van der Waals surface area (Å²) in [7, 11) is 0. The summed E-state index contributed by atoms with van der Waals surface area (Å²) < 4.78 is 5.55. The normalized spacial score (nSPS) is 11.8. The highest BCUT2D eigenvalue weighted by atomic mass is 16.3. The zero-order valence-electron chi connectivity index (χ0n) is 18.0.